The molecule has 0 aliphatic rings. The molecule has 0 N–H and O–H groups in total. The van der Waals surface area contributed by atoms with Crippen LogP contribution in [0.2, 0.25) is 0 Å². The zero-order valence-corrected chi connectivity index (χ0v) is 31.8. The second-order valence-electron chi connectivity index (χ2n) is 14.9. The Morgan fingerprint density at radius 1 is 0.407 bits per heavy atom. The van der Waals surface area contributed by atoms with Gasteiger partial charge in [0.2, 0.25) is 0 Å². The topological polar surface area (TPSA) is 31.0 Å². The van der Waals surface area contributed by atoms with Crippen molar-refractivity contribution in [3.63, 3.8) is 0 Å². The van der Waals surface area contributed by atoms with Crippen molar-refractivity contribution >= 4 is 121 Å². The number of nitrogens with zero attached hydrogens (tertiary/aromatic N) is 2. The monoisotopic (exact) mass is 738 g/mol. The van der Waals surface area contributed by atoms with Gasteiger partial charge in [-0.1, -0.05) is 132 Å². The van der Waals surface area contributed by atoms with Gasteiger partial charge in [-0.2, -0.15) is 0 Å². The van der Waals surface area contributed by atoms with Gasteiger partial charge in [-0.25, -0.2) is 4.98 Å². The Morgan fingerprint density at radius 3 is 1.73 bits per heavy atom. The number of para-hydroxylation sites is 4. The summed E-state index contributed by atoms with van der Waals surface area (Å²) in [4.78, 5) is 5.32. The molecule has 0 aliphatic carbocycles. The normalized spacial score (nSPS) is 11.7. The SMILES string of the molecule is [B]c1c([B])c([B])c(-c2ccc3c(-c4ccccc4-c4nc5ccccc5n4-c4ccccc4)c4ccccc4c(-c4cccc5oc6ccccc6c45)c3c2)c([B])c1[B]. The minimum Gasteiger partial charge on any atom is -0.456 e. The zero-order valence-electron chi connectivity index (χ0n) is 31.8. The van der Waals surface area contributed by atoms with Gasteiger partial charge < -0.3 is 4.42 Å². The number of benzene rings is 9. The highest BCUT2D eigenvalue weighted by Gasteiger charge is 2.25. The van der Waals surface area contributed by atoms with Crippen LogP contribution in [0.25, 0.3) is 105 Å². The van der Waals surface area contributed by atoms with E-state index in [-0.39, 0.29) is 27.3 Å². The summed E-state index contributed by atoms with van der Waals surface area (Å²) in [6, 6.07) is 56.6. The lowest BCUT2D eigenvalue weighted by atomic mass is 9.59. The van der Waals surface area contributed by atoms with Gasteiger partial charge in [-0.15, -0.1) is 16.4 Å². The predicted molar refractivity (Wildman–Crippen MR) is 252 cm³/mol. The average Bonchev–Trinajstić information content (AvgIpc) is 3.86. The third kappa shape index (κ3) is 5.32. The summed E-state index contributed by atoms with van der Waals surface area (Å²) >= 11 is 0. The van der Waals surface area contributed by atoms with Gasteiger partial charge in [0, 0.05) is 22.0 Å². The molecule has 59 heavy (non-hydrogen) atoms. The molecule has 0 spiro atoms. The first-order valence-electron chi connectivity index (χ1n) is 19.4. The molecular weight excluding hydrogens is 711 g/mol. The Kier molecular flexibility index (Phi) is 8.13. The first-order chi connectivity index (χ1) is 28.9. The van der Waals surface area contributed by atoms with Crippen molar-refractivity contribution in [3.05, 3.63) is 164 Å². The second-order valence-corrected chi connectivity index (χ2v) is 14.9. The van der Waals surface area contributed by atoms with Crippen molar-refractivity contribution in [2.75, 3.05) is 0 Å². The number of imidazole rings is 1. The highest BCUT2D eigenvalue weighted by atomic mass is 16.3. The Balaban J connectivity index is 1.30. The maximum atomic E-state index is 6.73. The molecule has 2 heterocycles. The van der Waals surface area contributed by atoms with E-state index in [0.29, 0.717) is 5.56 Å². The van der Waals surface area contributed by atoms with Crippen molar-refractivity contribution in [1.29, 1.82) is 0 Å². The fraction of sp³-hybridized carbons (Fsp3) is 0. The Labute approximate surface area is 347 Å². The first kappa shape index (κ1) is 35.3. The summed E-state index contributed by atoms with van der Waals surface area (Å²) in [6.07, 6.45) is 0. The molecule has 2 aromatic heterocycles. The molecule has 0 bridgehead atoms. The number of hydrogen-bond acceptors (Lipinski definition) is 2. The van der Waals surface area contributed by atoms with Gasteiger partial charge in [0.05, 0.1) is 11.0 Å². The highest BCUT2D eigenvalue weighted by molar-refractivity contribution is 6.68. The predicted octanol–water partition coefficient (Wildman–Crippen LogP) is 7.87. The van der Waals surface area contributed by atoms with Crippen LogP contribution in [0.15, 0.2) is 168 Å². The summed E-state index contributed by atoms with van der Waals surface area (Å²) in [6.45, 7) is 0. The number of rotatable bonds is 5. The smallest absolute Gasteiger partial charge is 0.146 e. The molecule has 3 nitrogen and oxygen atoms in total. The van der Waals surface area contributed by atoms with Crippen molar-refractivity contribution in [2.45, 2.75) is 0 Å². The zero-order chi connectivity index (χ0) is 39.9. The molecule has 10 radical (unpaired) electrons. The van der Waals surface area contributed by atoms with Crippen molar-refractivity contribution in [3.8, 4) is 50.5 Å². The fourth-order valence-electron chi connectivity index (χ4n) is 9.00. The van der Waals surface area contributed by atoms with Crippen LogP contribution in [-0.4, -0.2) is 48.8 Å². The van der Waals surface area contributed by atoms with Crippen molar-refractivity contribution in [2.24, 2.45) is 0 Å². The van der Waals surface area contributed by atoms with Crippen LogP contribution >= 0.6 is 0 Å². The molecule has 11 rings (SSSR count). The first-order valence-corrected chi connectivity index (χ1v) is 19.4. The molecule has 262 valence electrons. The molecule has 0 amide bonds. The Bertz CT molecular complexity index is 3490. The van der Waals surface area contributed by atoms with E-state index < -0.39 is 0 Å². The molecule has 8 heteroatoms. The quantitative estimate of drug-likeness (QED) is 0.133. The van der Waals surface area contributed by atoms with Crippen LogP contribution in [0.3, 0.4) is 0 Å². The van der Waals surface area contributed by atoms with Crippen LogP contribution in [0.1, 0.15) is 0 Å². The van der Waals surface area contributed by atoms with Gasteiger partial charge in [0.15, 0.2) is 0 Å². The molecule has 0 saturated heterocycles. The number of aromatic nitrogens is 2. The third-order valence-corrected chi connectivity index (χ3v) is 11.7. The van der Waals surface area contributed by atoms with E-state index in [0.717, 1.165) is 99.4 Å². The van der Waals surface area contributed by atoms with E-state index in [4.69, 9.17) is 48.6 Å². The Hall–Kier alpha value is -6.91. The average molecular weight is 738 g/mol. The van der Waals surface area contributed by atoms with Crippen LogP contribution in [-0.2, 0) is 0 Å². The van der Waals surface area contributed by atoms with Crippen LogP contribution in [0, 0.1) is 0 Å². The largest absolute Gasteiger partial charge is 0.456 e. The van der Waals surface area contributed by atoms with Gasteiger partial charge >= 0.3 is 0 Å². The summed E-state index contributed by atoms with van der Waals surface area (Å²) in [5.41, 5.74) is 12.2. The molecule has 0 saturated carbocycles. The van der Waals surface area contributed by atoms with Crippen LogP contribution < -0.4 is 27.3 Å². The minimum absolute atomic E-state index is 0.176. The number of furan rings is 1. The van der Waals surface area contributed by atoms with E-state index >= 15 is 0 Å². The summed E-state index contributed by atoms with van der Waals surface area (Å²) in [5, 5.41) is 6.22. The second kappa shape index (κ2) is 13.6. The van der Waals surface area contributed by atoms with E-state index in [1.54, 1.807) is 0 Å². The van der Waals surface area contributed by atoms with E-state index in [1.807, 2.05) is 42.5 Å². The van der Waals surface area contributed by atoms with Crippen molar-refractivity contribution < 1.29 is 4.42 Å². The minimum atomic E-state index is 0.176. The molecular formula is C51H27B5N2O. The highest BCUT2D eigenvalue weighted by Crippen LogP contribution is 2.49. The molecule has 0 aliphatic heterocycles. The van der Waals surface area contributed by atoms with Gasteiger partial charge in [-0.05, 0) is 97.4 Å². The number of fused-ring (bicyclic) bond motifs is 6. The standard InChI is InChI=1S/C51H27B5N2O/c52-46-42(47(53)49(55)50(56)48(46)54)28-25-26-33-37(27-28)44(36-20-12-24-41-45(36)35-19-8-11-23-40(35)59-41)31-16-5-4-15-30(31)43(33)32-17-6-7-18-34(32)51-57-38-21-9-10-22-39(38)58(51)29-13-2-1-3-14-29/h1-27H. The Morgan fingerprint density at radius 2 is 0.966 bits per heavy atom. The van der Waals surface area contributed by atoms with E-state index in [2.05, 4.69) is 126 Å². The maximum Gasteiger partial charge on any atom is 0.146 e. The summed E-state index contributed by atoms with van der Waals surface area (Å²) in [5.74, 6) is 0.842. The number of hydrogen-bond donors (Lipinski definition) is 0. The maximum absolute atomic E-state index is 6.73. The van der Waals surface area contributed by atoms with Crippen LogP contribution in [0.5, 0.6) is 0 Å². The van der Waals surface area contributed by atoms with Gasteiger partial charge in [-0.3, -0.25) is 4.57 Å². The molecule has 9 aromatic carbocycles. The fourth-order valence-corrected chi connectivity index (χ4v) is 9.00. The summed E-state index contributed by atoms with van der Waals surface area (Å²) in [7, 11) is 32.6. The molecule has 0 fully saturated rings. The van der Waals surface area contributed by atoms with Gasteiger partial charge in [0.25, 0.3) is 0 Å². The van der Waals surface area contributed by atoms with Gasteiger partial charge in [0.1, 0.15) is 56.2 Å². The molecule has 0 atom stereocenters. The molecule has 0 unspecified atom stereocenters. The lowest BCUT2D eigenvalue weighted by Crippen LogP contribution is -2.55. The van der Waals surface area contributed by atoms with E-state index in [1.165, 1.54) is 0 Å². The third-order valence-electron chi connectivity index (χ3n) is 11.7. The van der Waals surface area contributed by atoms with Crippen molar-refractivity contribution in [1.82, 2.24) is 9.55 Å². The lowest BCUT2D eigenvalue weighted by Gasteiger charge is -2.23. The van der Waals surface area contributed by atoms with E-state index in [9.17, 15) is 0 Å². The lowest BCUT2D eigenvalue weighted by molar-refractivity contribution is 0.669. The molecule has 11 aromatic rings. The van der Waals surface area contributed by atoms with Crippen LogP contribution in [0.4, 0.5) is 0 Å². The summed E-state index contributed by atoms with van der Waals surface area (Å²) < 4.78 is 8.70.